The molecule has 108 valence electrons. The number of nitrogens with zero attached hydrogens (tertiary/aromatic N) is 1. The van der Waals surface area contributed by atoms with Gasteiger partial charge in [0.1, 0.15) is 11.5 Å². The summed E-state index contributed by atoms with van der Waals surface area (Å²) in [5.74, 6) is -0.174. The fraction of sp³-hybridized carbons (Fsp3) is 0. The molecule has 0 aliphatic rings. The third-order valence-corrected chi connectivity index (χ3v) is 2.89. The second kappa shape index (κ2) is 6.38. The van der Waals surface area contributed by atoms with Crippen molar-refractivity contribution in [1.29, 1.82) is 0 Å². The summed E-state index contributed by atoms with van der Waals surface area (Å²) in [7, 11) is 0. The van der Waals surface area contributed by atoms with Crippen LogP contribution in [0.15, 0.2) is 39.9 Å². The first-order valence-corrected chi connectivity index (χ1v) is 6.47. The first-order valence-electron chi connectivity index (χ1n) is 5.69. The molecule has 6 nitrogen and oxygen atoms in total. The lowest BCUT2D eigenvalue weighted by Gasteiger charge is -2.02. The summed E-state index contributed by atoms with van der Waals surface area (Å²) in [4.78, 5) is 11.0. The molecule has 2 rings (SSSR count). The molecule has 2 aromatic rings. The van der Waals surface area contributed by atoms with Gasteiger partial charge in [0.15, 0.2) is 5.11 Å². The van der Waals surface area contributed by atoms with Gasteiger partial charge >= 0.3 is 5.97 Å². The Bertz CT molecular complexity index is 727. The van der Waals surface area contributed by atoms with Gasteiger partial charge in [-0.05, 0) is 42.5 Å². The fourth-order valence-corrected chi connectivity index (χ4v) is 1.84. The monoisotopic (exact) mass is 323 g/mol. The molecule has 0 bridgehead atoms. The summed E-state index contributed by atoms with van der Waals surface area (Å²) >= 11 is 10.7. The quantitative estimate of drug-likeness (QED) is 0.454. The molecule has 0 aliphatic carbocycles. The third-order valence-electron chi connectivity index (χ3n) is 2.47. The van der Waals surface area contributed by atoms with E-state index in [9.17, 15) is 4.79 Å². The lowest BCUT2D eigenvalue weighted by atomic mass is 10.1. The van der Waals surface area contributed by atoms with Gasteiger partial charge in [0.05, 0.1) is 16.8 Å². The summed E-state index contributed by atoms with van der Waals surface area (Å²) in [6.07, 6.45) is 1.39. The molecule has 0 saturated carbocycles. The number of thiocarbonyl (C=S) groups is 1. The van der Waals surface area contributed by atoms with E-state index < -0.39 is 5.97 Å². The van der Waals surface area contributed by atoms with Gasteiger partial charge in [-0.25, -0.2) is 4.79 Å². The number of aromatic carboxylic acids is 1. The minimum absolute atomic E-state index is 0.0373. The van der Waals surface area contributed by atoms with Crippen molar-refractivity contribution in [3.05, 3.63) is 46.7 Å². The van der Waals surface area contributed by atoms with Gasteiger partial charge in [-0.15, -0.1) is 0 Å². The number of carboxylic acids is 1. The van der Waals surface area contributed by atoms with Crippen LogP contribution in [0.3, 0.4) is 0 Å². The second-order valence-electron chi connectivity index (χ2n) is 3.94. The Kier molecular flexibility index (Phi) is 4.56. The molecule has 1 heterocycles. The third kappa shape index (κ3) is 3.80. The Balaban J connectivity index is 2.29. The molecule has 8 heteroatoms. The smallest absolute Gasteiger partial charge is 0.335 e. The van der Waals surface area contributed by atoms with E-state index in [0.717, 1.165) is 0 Å². The van der Waals surface area contributed by atoms with Gasteiger partial charge in [-0.2, -0.15) is 5.10 Å². The molecule has 4 N–H and O–H groups in total. The Labute approximate surface area is 130 Å². The highest BCUT2D eigenvalue weighted by Crippen LogP contribution is 2.30. The van der Waals surface area contributed by atoms with Crippen molar-refractivity contribution in [2.24, 2.45) is 10.8 Å². The van der Waals surface area contributed by atoms with Gasteiger partial charge in [0, 0.05) is 5.56 Å². The van der Waals surface area contributed by atoms with Crippen LogP contribution < -0.4 is 11.2 Å². The van der Waals surface area contributed by atoms with Crippen LogP contribution in [-0.2, 0) is 0 Å². The molecule has 1 aromatic heterocycles. The molecule has 21 heavy (non-hydrogen) atoms. The van der Waals surface area contributed by atoms with E-state index in [4.69, 9.17) is 26.9 Å². The number of rotatable bonds is 4. The summed E-state index contributed by atoms with van der Waals surface area (Å²) in [6.45, 7) is 0. The van der Waals surface area contributed by atoms with Crippen molar-refractivity contribution in [2.45, 2.75) is 0 Å². The average molecular weight is 324 g/mol. The average Bonchev–Trinajstić information content (AvgIpc) is 2.87. The highest BCUT2D eigenvalue weighted by atomic mass is 35.5. The maximum Gasteiger partial charge on any atom is 0.335 e. The molecular weight excluding hydrogens is 314 g/mol. The maximum absolute atomic E-state index is 11.0. The Hall–Kier alpha value is -2.38. The molecular formula is C13H10ClN3O3S. The van der Waals surface area contributed by atoms with E-state index in [2.05, 4.69) is 22.7 Å². The highest BCUT2D eigenvalue weighted by Gasteiger charge is 2.12. The van der Waals surface area contributed by atoms with E-state index in [0.29, 0.717) is 22.1 Å². The SMILES string of the molecule is NC(=S)NN=Cc1ccc(-c2cc(C(=O)O)ccc2Cl)o1. The van der Waals surface area contributed by atoms with Gasteiger partial charge in [-0.1, -0.05) is 11.6 Å². The number of furan rings is 1. The summed E-state index contributed by atoms with van der Waals surface area (Å²) in [5, 5.41) is 13.2. The number of halogens is 1. The van der Waals surface area contributed by atoms with Crippen LogP contribution in [-0.4, -0.2) is 22.4 Å². The van der Waals surface area contributed by atoms with Crippen LogP contribution in [0.2, 0.25) is 5.02 Å². The molecule has 0 saturated heterocycles. The molecule has 0 atom stereocenters. The van der Waals surface area contributed by atoms with Crippen LogP contribution in [0.1, 0.15) is 16.1 Å². The van der Waals surface area contributed by atoms with E-state index >= 15 is 0 Å². The predicted molar refractivity (Wildman–Crippen MR) is 83.6 cm³/mol. The van der Waals surface area contributed by atoms with Crippen molar-refractivity contribution in [2.75, 3.05) is 0 Å². The summed E-state index contributed by atoms with van der Waals surface area (Å²) in [5.41, 5.74) is 8.22. The van der Waals surface area contributed by atoms with Crippen molar-refractivity contribution in [3.8, 4) is 11.3 Å². The minimum Gasteiger partial charge on any atom is -0.478 e. The van der Waals surface area contributed by atoms with Crippen molar-refractivity contribution >= 4 is 41.1 Å². The van der Waals surface area contributed by atoms with Gasteiger partial charge in [0.25, 0.3) is 0 Å². The topological polar surface area (TPSA) is 101 Å². The minimum atomic E-state index is -1.04. The summed E-state index contributed by atoms with van der Waals surface area (Å²) in [6, 6.07) is 7.69. The van der Waals surface area contributed by atoms with Gasteiger partial charge in [0.2, 0.25) is 0 Å². The van der Waals surface area contributed by atoms with E-state index in [1.54, 1.807) is 12.1 Å². The molecule has 0 spiro atoms. The fourth-order valence-electron chi connectivity index (χ4n) is 1.57. The number of carbonyl (C=O) groups is 1. The standard InChI is InChI=1S/C13H10ClN3O3S/c14-10-3-1-7(12(18)19)5-9(10)11-4-2-8(20-11)6-16-17-13(15)21/h1-6H,(H,18,19)(H3,15,17,21). The molecule has 1 aromatic carbocycles. The zero-order valence-corrected chi connectivity index (χ0v) is 12.1. The van der Waals surface area contributed by atoms with Gasteiger partial charge < -0.3 is 15.3 Å². The van der Waals surface area contributed by atoms with E-state index in [1.165, 1.54) is 24.4 Å². The zero-order valence-electron chi connectivity index (χ0n) is 10.5. The first kappa shape index (κ1) is 15.0. The Morgan fingerprint density at radius 2 is 2.19 bits per heavy atom. The second-order valence-corrected chi connectivity index (χ2v) is 4.78. The molecule has 0 radical (unpaired) electrons. The van der Waals surface area contributed by atoms with Crippen LogP contribution in [0.5, 0.6) is 0 Å². The maximum atomic E-state index is 11.0. The summed E-state index contributed by atoms with van der Waals surface area (Å²) < 4.78 is 5.52. The largest absolute Gasteiger partial charge is 0.478 e. The number of nitrogens with two attached hydrogens (primary N) is 1. The number of hydrogen-bond donors (Lipinski definition) is 3. The zero-order chi connectivity index (χ0) is 15.4. The Morgan fingerprint density at radius 1 is 1.43 bits per heavy atom. The van der Waals surface area contributed by atoms with Gasteiger partial charge in [-0.3, -0.25) is 5.43 Å². The van der Waals surface area contributed by atoms with Crippen LogP contribution in [0.4, 0.5) is 0 Å². The van der Waals surface area contributed by atoms with Crippen LogP contribution in [0.25, 0.3) is 11.3 Å². The van der Waals surface area contributed by atoms with Crippen LogP contribution in [0, 0.1) is 0 Å². The number of carboxylic acid groups (broad SMARTS) is 1. The molecule has 0 unspecified atom stereocenters. The van der Waals surface area contributed by atoms with Crippen molar-refractivity contribution < 1.29 is 14.3 Å². The molecule has 0 fully saturated rings. The van der Waals surface area contributed by atoms with E-state index in [-0.39, 0.29) is 10.7 Å². The normalized spacial score (nSPS) is 10.7. The number of nitrogens with one attached hydrogen (secondary N) is 1. The van der Waals surface area contributed by atoms with Crippen LogP contribution >= 0.6 is 23.8 Å². The first-order chi connectivity index (χ1) is 9.97. The number of hydrogen-bond acceptors (Lipinski definition) is 4. The molecule has 0 amide bonds. The van der Waals surface area contributed by atoms with Crippen molar-refractivity contribution in [3.63, 3.8) is 0 Å². The Morgan fingerprint density at radius 3 is 2.86 bits per heavy atom. The predicted octanol–water partition coefficient (Wildman–Crippen LogP) is 2.47. The number of hydrazone groups is 1. The number of benzene rings is 1. The van der Waals surface area contributed by atoms with Crippen molar-refractivity contribution in [1.82, 2.24) is 5.43 Å². The lowest BCUT2D eigenvalue weighted by Crippen LogP contribution is -2.23. The lowest BCUT2D eigenvalue weighted by molar-refractivity contribution is 0.0697. The highest BCUT2D eigenvalue weighted by molar-refractivity contribution is 7.80. The molecule has 0 aliphatic heterocycles. The van der Waals surface area contributed by atoms with E-state index in [1.807, 2.05) is 0 Å².